The van der Waals surface area contributed by atoms with Crippen molar-refractivity contribution in [1.82, 2.24) is 5.32 Å². The van der Waals surface area contributed by atoms with Gasteiger partial charge < -0.3 is 25.6 Å². The summed E-state index contributed by atoms with van der Waals surface area (Å²) in [6, 6.07) is 19.0. The summed E-state index contributed by atoms with van der Waals surface area (Å²) in [6.45, 7) is 3.11. The van der Waals surface area contributed by atoms with Crippen molar-refractivity contribution in [1.29, 1.82) is 0 Å². The maximum Gasteiger partial charge on any atom is 0.323 e. The van der Waals surface area contributed by atoms with E-state index in [0.29, 0.717) is 17.8 Å². The Kier molecular flexibility index (Phi) is 7.14. The molecule has 0 bridgehead atoms. The van der Waals surface area contributed by atoms with Crippen LogP contribution in [-0.4, -0.2) is 44.3 Å². The Morgan fingerprint density at radius 1 is 0.914 bits per heavy atom. The summed E-state index contributed by atoms with van der Waals surface area (Å²) < 4.78 is 5.66. The molecule has 2 heterocycles. The average Bonchev–Trinajstić information content (AvgIpc) is 3.42. The Morgan fingerprint density at radius 2 is 1.74 bits per heavy atom. The molecule has 35 heavy (non-hydrogen) atoms. The van der Waals surface area contributed by atoms with Crippen LogP contribution < -0.4 is 20.9 Å². The van der Waals surface area contributed by atoms with Crippen molar-refractivity contribution in [2.45, 2.75) is 38.2 Å². The normalized spacial score (nSPS) is 17.8. The lowest BCUT2D eigenvalue weighted by atomic mass is 10.1. The van der Waals surface area contributed by atoms with E-state index in [1.54, 1.807) is 6.07 Å². The Labute approximate surface area is 205 Å². The molecule has 3 aromatic rings. The molecule has 5 rings (SSSR count). The van der Waals surface area contributed by atoms with Gasteiger partial charge in [0.15, 0.2) is 0 Å². The minimum absolute atomic E-state index is 0.0742. The zero-order valence-corrected chi connectivity index (χ0v) is 19.9. The third-order valence-corrected chi connectivity index (χ3v) is 6.75. The van der Waals surface area contributed by atoms with Gasteiger partial charge >= 0.3 is 6.03 Å². The fourth-order valence-corrected chi connectivity index (χ4v) is 4.93. The number of urea groups is 1. The van der Waals surface area contributed by atoms with Gasteiger partial charge in [-0.25, -0.2) is 4.79 Å². The summed E-state index contributed by atoms with van der Waals surface area (Å²) in [7, 11) is 0. The van der Waals surface area contributed by atoms with Crippen LogP contribution in [0.5, 0.6) is 0 Å². The summed E-state index contributed by atoms with van der Waals surface area (Å²) in [5.74, 6) is -0.140. The highest BCUT2D eigenvalue weighted by Crippen LogP contribution is 2.28. The molecule has 0 aliphatic carbocycles. The molecule has 3 N–H and O–H groups in total. The lowest BCUT2D eigenvalue weighted by Gasteiger charge is -2.30. The first-order valence-electron chi connectivity index (χ1n) is 12.5. The third-order valence-electron chi connectivity index (χ3n) is 6.75. The topological polar surface area (TPSA) is 82.7 Å². The highest BCUT2D eigenvalue weighted by atomic mass is 16.5. The van der Waals surface area contributed by atoms with E-state index in [0.717, 1.165) is 67.5 Å². The molecule has 0 radical (unpaired) electrons. The third kappa shape index (κ3) is 5.57. The SMILES string of the molecule is O=C(Nc1ccc(N2CCCCC2)c(C(=O)NCC2CCCO2)c1)Nc1cccc2ccccc12. The number of anilines is 3. The summed E-state index contributed by atoms with van der Waals surface area (Å²) in [6.07, 6.45) is 5.52. The molecular formula is C28H32N4O3. The van der Waals surface area contributed by atoms with Gasteiger partial charge in [0, 0.05) is 43.0 Å². The van der Waals surface area contributed by atoms with Crippen LogP contribution in [0.2, 0.25) is 0 Å². The van der Waals surface area contributed by atoms with Crippen LogP contribution in [0.4, 0.5) is 21.9 Å². The second kappa shape index (κ2) is 10.8. The molecule has 2 aliphatic heterocycles. The van der Waals surface area contributed by atoms with Gasteiger partial charge in [0.1, 0.15) is 0 Å². The number of nitrogens with zero attached hydrogens (tertiary/aromatic N) is 1. The van der Waals surface area contributed by atoms with Crippen molar-refractivity contribution < 1.29 is 14.3 Å². The molecule has 2 aliphatic rings. The number of benzene rings is 3. The standard InChI is InChI=1S/C28H32N4O3/c33-27(29-19-22-10-7-17-35-22)24-18-21(13-14-26(24)32-15-4-1-5-16-32)30-28(34)31-25-12-6-9-20-8-2-3-11-23(20)25/h2-3,6,8-9,11-14,18,22H,1,4-5,7,10,15-17,19H2,(H,29,33)(H2,30,31,34). The van der Waals surface area contributed by atoms with Gasteiger partial charge in [0.05, 0.1) is 17.4 Å². The van der Waals surface area contributed by atoms with Gasteiger partial charge in [-0.05, 0) is 61.8 Å². The van der Waals surface area contributed by atoms with Crippen LogP contribution in [0.25, 0.3) is 10.8 Å². The van der Waals surface area contributed by atoms with E-state index in [9.17, 15) is 9.59 Å². The van der Waals surface area contributed by atoms with Crippen molar-refractivity contribution in [3.63, 3.8) is 0 Å². The molecule has 0 aromatic heterocycles. The van der Waals surface area contributed by atoms with E-state index >= 15 is 0 Å². The minimum atomic E-state index is -0.349. The van der Waals surface area contributed by atoms with Gasteiger partial charge in [0.2, 0.25) is 0 Å². The van der Waals surface area contributed by atoms with Gasteiger partial charge in [0.25, 0.3) is 5.91 Å². The Bertz CT molecular complexity index is 1190. The molecule has 2 saturated heterocycles. The first-order valence-corrected chi connectivity index (χ1v) is 12.5. The molecule has 0 saturated carbocycles. The summed E-state index contributed by atoms with van der Waals surface area (Å²) >= 11 is 0. The molecular weight excluding hydrogens is 440 g/mol. The first-order chi connectivity index (χ1) is 17.2. The van der Waals surface area contributed by atoms with E-state index in [2.05, 4.69) is 20.9 Å². The molecule has 3 aromatic carbocycles. The van der Waals surface area contributed by atoms with Gasteiger partial charge in [-0.2, -0.15) is 0 Å². The maximum absolute atomic E-state index is 13.2. The van der Waals surface area contributed by atoms with Crippen LogP contribution >= 0.6 is 0 Å². The van der Waals surface area contributed by atoms with Crippen molar-refractivity contribution in [2.24, 2.45) is 0 Å². The number of ether oxygens (including phenoxy) is 1. The van der Waals surface area contributed by atoms with E-state index in [4.69, 9.17) is 4.74 Å². The molecule has 1 unspecified atom stereocenters. The highest BCUT2D eigenvalue weighted by molar-refractivity contribution is 6.07. The number of carbonyl (C=O) groups excluding carboxylic acids is 2. The van der Waals surface area contributed by atoms with E-state index in [-0.39, 0.29) is 18.0 Å². The monoisotopic (exact) mass is 472 g/mol. The number of nitrogens with one attached hydrogen (secondary N) is 3. The molecule has 2 fully saturated rings. The molecule has 0 spiro atoms. The quantitative estimate of drug-likeness (QED) is 0.450. The number of carbonyl (C=O) groups is 2. The van der Waals surface area contributed by atoms with Gasteiger partial charge in [-0.15, -0.1) is 0 Å². The second-order valence-corrected chi connectivity index (χ2v) is 9.23. The maximum atomic E-state index is 13.2. The average molecular weight is 473 g/mol. The largest absolute Gasteiger partial charge is 0.376 e. The van der Waals surface area contributed by atoms with Crippen molar-refractivity contribution >= 4 is 39.8 Å². The van der Waals surface area contributed by atoms with E-state index in [1.807, 2.05) is 54.6 Å². The van der Waals surface area contributed by atoms with Crippen LogP contribution in [0.3, 0.4) is 0 Å². The van der Waals surface area contributed by atoms with Gasteiger partial charge in [-0.3, -0.25) is 4.79 Å². The van der Waals surface area contributed by atoms with Crippen molar-refractivity contribution in [3.05, 3.63) is 66.2 Å². The predicted molar refractivity (Wildman–Crippen MR) is 140 cm³/mol. The first kappa shape index (κ1) is 23.2. The summed E-state index contributed by atoms with van der Waals surface area (Å²) in [4.78, 5) is 28.3. The van der Waals surface area contributed by atoms with Gasteiger partial charge in [-0.1, -0.05) is 36.4 Å². The van der Waals surface area contributed by atoms with Crippen LogP contribution in [0, 0.1) is 0 Å². The molecule has 182 valence electrons. The van der Waals surface area contributed by atoms with Crippen LogP contribution in [-0.2, 0) is 4.74 Å². The second-order valence-electron chi connectivity index (χ2n) is 9.23. The Hall–Kier alpha value is -3.58. The highest BCUT2D eigenvalue weighted by Gasteiger charge is 2.22. The van der Waals surface area contributed by atoms with E-state index < -0.39 is 0 Å². The molecule has 1 atom stereocenters. The number of piperidine rings is 1. The number of fused-ring (bicyclic) bond motifs is 1. The lowest BCUT2D eigenvalue weighted by molar-refractivity contribution is 0.0858. The fraction of sp³-hybridized carbons (Fsp3) is 0.357. The van der Waals surface area contributed by atoms with E-state index in [1.165, 1.54) is 6.42 Å². The minimum Gasteiger partial charge on any atom is -0.376 e. The predicted octanol–water partition coefficient (Wildman–Crippen LogP) is 5.38. The summed E-state index contributed by atoms with van der Waals surface area (Å²) in [5, 5.41) is 10.9. The number of hydrogen-bond acceptors (Lipinski definition) is 4. The number of amides is 3. The zero-order valence-electron chi connectivity index (χ0n) is 19.9. The Morgan fingerprint density at radius 3 is 2.57 bits per heavy atom. The zero-order chi connectivity index (χ0) is 24.0. The van der Waals surface area contributed by atoms with Crippen molar-refractivity contribution in [3.8, 4) is 0 Å². The molecule has 3 amide bonds. The number of rotatable bonds is 6. The number of hydrogen-bond donors (Lipinski definition) is 3. The Balaban J connectivity index is 1.33. The summed E-state index contributed by atoms with van der Waals surface area (Å²) in [5.41, 5.74) is 2.80. The smallest absolute Gasteiger partial charge is 0.323 e. The lowest BCUT2D eigenvalue weighted by Crippen LogP contribution is -2.35. The fourth-order valence-electron chi connectivity index (χ4n) is 4.93. The van der Waals surface area contributed by atoms with Crippen molar-refractivity contribution in [2.75, 3.05) is 41.8 Å². The van der Waals surface area contributed by atoms with Crippen LogP contribution in [0.15, 0.2) is 60.7 Å². The molecule has 7 nitrogen and oxygen atoms in total. The molecule has 7 heteroatoms. The van der Waals surface area contributed by atoms with Crippen LogP contribution in [0.1, 0.15) is 42.5 Å².